The van der Waals surface area contributed by atoms with E-state index in [4.69, 9.17) is 9.47 Å². The number of hydrogen-bond donors (Lipinski definition) is 1. The summed E-state index contributed by atoms with van der Waals surface area (Å²) in [5, 5.41) is 2.99. The second kappa shape index (κ2) is 7.42. The fourth-order valence-corrected chi connectivity index (χ4v) is 1.69. The highest BCUT2D eigenvalue weighted by atomic mass is 19.1. The Kier molecular flexibility index (Phi) is 5.31. The van der Waals surface area contributed by atoms with Gasteiger partial charge in [0.05, 0.1) is 13.3 Å². The number of methoxy groups -OCH3 is 1. The van der Waals surface area contributed by atoms with Crippen molar-refractivity contribution in [2.75, 3.05) is 19.0 Å². The van der Waals surface area contributed by atoms with Crippen molar-refractivity contribution < 1.29 is 13.9 Å². The number of benzene rings is 1. The van der Waals surface area contributed by atoms with Crippen molar-refractivity contribution in [2.45, 2.75) is 20.0 Å². The van der Waals surface area contributed by atoms with Crippen molar-refractivity contribution in [1.82, 2.24) is 9.97 Å². The summed E-state index contributed by atoms with van der Waals surface area (Å²) in [6.45, 7) is 2.95. The van der Waals surface area contributed by atoms with Gasteiger partial charge >= 0.3 is 0 Å². The molecule has 112 valence electrons. The second-order valence-corrected chi connectivity index (χ2v) is 4.41. The molecule has 0 aliphatic heterocycles. The maximum absolute atomic E-state index is 13.6. The van der Waals surface area contributed by atoms with Gasteiger partial charge in [-0.25, -0.2) is 4.98 Å². The van der Waals surface area contributed by atoms with E-state index < -0.39 is 5.82 Å². The zero-order valence-corrected chi connectivity index (χ0v) is 12.1. The van der Waals surface area contributed by atoms with Gasteiger partial charge in [0.15, 0.2) is 0 Å². The zero-order chi connectivity index (χ0) is 15.1. The molecule has 0 aliphatic carbocycles. The van der Waals surface area contributed by atoms with E-state index >= 15 is 0 Å². The Morgan fingerprint density at radius 1 is 1.33 bits per heavy atom. The maximum Gasteiger partial charge on any atom is 0.255 e. The first kappa shape index (κ1) is 15.0. The number of nitrogens with zero attached hydrogens (tertiary/aromatic N) is 2. The Hall–Kier alpha value is -2.37. The second-order valence-electron chi connectivity index (χ2n) is 4.41. The lowest BCUT2D eigenvalue weighted by atomic mass is 10.2. The van der Waals surface area contributed by atoms with Gasteiger partial charge in [-0.15, -0.1) is 0 Å². The molecule has 0 fully saturated rings. The minimum atomic E-state index is -0.583. The first-order chi connectivity index (χ1) is 10.2. The lowest BCUT2D eigenvalue weighted by Gasteiger charge is -2.09. The predicted octanol–water partition coefficient (Wildman–Crippen LogP) is 3.03. The number of anilines is 1. The van der Waals surface area contributed by atoms with Crippen LogP contribution in [0.1, 0.15) is 18.9 Å². The van der Waals surface area contributed by atoms with Crippen LogP contribution < -0.4 is 14.8 Å². The Balaban J connectivity index is 2.04. The van der Waals surface area contributed by atoms with Gasteiger partial charge in [-0.05, 0) is 24.1 Å². The van der Waals surface area contributed by atoms with Crippen LogP contribution in [0.2, 0.25) is 0 Å². The van der Waals surface area contributed by atoms with Gasteiger partial charge in [-0.3, -0.25) is 0 Å². The van der Waals surface area contributed by atoms with E-state index in [1.165, 1.54) is 0 Å². The molecule has 0 radical (unpaired) electrons. The molecule has 0 saturated carbocycles. The van der Waals surface area contributed by atoms with Crippen LogP contribution in [0.5, 0.6) is 11.6 Å². The average Bonchev–Trinajstić information content (AvgIpc) is 2.53. The molecule has 0 bridgehead atoms. The van der Waals surface area contributed by atoms with Gasteiger partial charge in [0.2, 0.25) is 11.8 Å². The molecule has 2 rings (SSSR count). The summed E-state index contributed by atoms with van der Waals surface area (Å²) >= 11 is 0. The number of nitrogens with one attached hydrogen (secondary N) is 1. The van der Waals surface area contributed by atoms with Crippen LogP contribution in [-0.4, -0.2) is 23.6 Å². The molecule has 2 aromatic rings. The number of aromatic nitrogens is 2. The summed E-state index contributed by atoms with van der Waals surface area (Å²) in [6.07, 6.45) is 2.03. The van der Waals surface area contributed by atoms with E-state index in [0.717, 1.165) is 30.5 Å². The first-order valence-electron chi connectivity index (χ1n) is 6.75. The smallest absolute Gasteiger partial charge is 0.255 e. The van der Waals surface area contributed by atoms with E-state index in [2.05, 4.69) is 15.3 Å². The normalized spacial score (nSPS) is 10.2. The predicted molar refractivity (Wildman–Crippen MR) is 78.1 cm³/mol. The summed E-state index contributed by atoms with van der Waals surface area (Å²) in [6, 6.07) is 7.39. The maximum atomic E-state index is 13.6. The molecule has 0 spiro atoms. The Morgan fingerprint density at radius 2 is 2.19 bits per heavy atom. The monoisotopic (exact) mass is 291 g/mol. The Bertz CT molecular complexity index is 593. The summed E-state index contributed by atoms with van der Waals surface area (Å²) < 4.78 is 24.2. The molecule has 0 aliphatic rings. The van der Waals surface area contributed by atoms with E-state index in [-0.39, 0.29) is 12.5 Å². The van der Waals surface area contributed by atoms with Gasteiger partial charge in [-0.2, -0.15) is 9.37 Å². The van der Waals surface area contributed by atoms with Crippen molar-refractivity contribution in [2.24, 2.45) is 0 Å². The summed E-state index contributed by atoms with van der Waals surface area (Å²) in [5.74, 6) is 0.440. The van der Waals surface area contributed by atoms with Gasteiger partial charge in [0, 0.05) is 6.54 Å². The molecule has 0 saturated heterocycles. The average molecular weight is 291 g/mol. The molecule has 1 aromatic heterocycles. The van der Waals surface area contributed by atoms with Crippen molar-refractivity contribution in [3.8, 4) is 11.6 Å². The highest BCUT2D eigenvalue weighted by Gasteiger charge is 2.08. The van der Waals surface area contributed by atoms with Crippen LogP contribution in [0, 0.1) is 5.82 Å². The van der Waals surface area contributed by atoms with Crippen molar-refractivity contribution >= 4 is 5.95 Å². The number of ether oxygens (including phenoxy) is 2. The van der Waals surface area contributed by atoms with E-state index in [1.54, 1.807) is 7.11 Å². The fraction of sp³-hybridized carbons (Fsp3) is 0.333. The Morgan fingerprint density at radius 3 is 2.95 bits per heavy atom. The molecule has 1 N–H and O–H groups in total. The third-order valence-electron chi connectivity index (χ3n) is 2.75. The van der Waals surface area contributed by atoms with Crippen LogP contribution in [0.15, 0.2) is 30.5 Å². The van der Waals surface area contributed by atoms with Crippen LogP contribution >= 0.6 is 0 Å². The standard InChI is InChI=1S/C15H18FN3O2/c1-3-7-17-15-18-9-13(16)14(19-15)21-10-11-5-4-6-12(8-11)20-2/h4-6,8-9H,3,7,10H2,1-2H3,(H,17,18,19). The van der Waals surface area contributed by atoms with Gasteiger partial charge < -0.3 is 14.8 Å². The molecule has 21 heavy (non-hydrogen) atoms. The summed E-state index contributed by atoms with van der Waals surface area (Å²) in [5.41, 5.74) is 0.871. The van der Waals surface area contributed by atoms with Gasteiger partial charge in [0.1, 0.15) is 12.4 Å². The van der Waals surface area contributed by atoms with Crippen LogP contribution in [0.4, 0.5) is 10.3 Å². The van der Waals surface area contributed by atoms with Crippen LogP contribution in [0.3, 0.4) is 0 Å². The molecule has 6 heteroatoms. The lowest BCUT2D eigenvalue weighted by molar-refractivity contribution is 0.276. The highest BCUT2D eigenvalue weighted by Crippen LogP contribution is 2.18. The molecule has 0 atom stereocenters. The minimum absolute atomic E-state index is 0.0635. The number of halogens is 1. The van der Waals surface area contributed by atoms with E-state index in [0.29, 0.717) is 5.95 Å². The number of hydrogen-bond acceptors (Lipinski definition) is 5. The zero-order valence-electron chi connectivity index (χ0n) is 12.1. The van der Waals surface area contributed by atoms with E-state index in [9.17, 15) is 4.39 Å². The summed E-state index contributed by atoms with van der Waals surface area (Å²) in [4.78, 5) is 7.88. The molecule has 0 amide bonds. The van der Waals surface area contributed by atoms with Crippen molar-refractivity contribution in [3.05, 3.63) is 41.8 Å². The van der Waals surface area contributed by atoms with Gasteiger partial charge in [-0.1, -0.05) is 19.1 Å². The van der Waals surface area contributed by atoms with Crippen molar-refractivity contribution in [1.29, 1.82) is 0 Å². The largest absolute Gasteiger partial charge is 0.497 e. The van der Waals surface area contributed by atoms with Gasteiger partial charge in [0.25, 0.3) is 5.88 Å². The molecule has 1 aromatic carbocycles. The third-order valence-corrected chi connectivity index (χ3v) is 2.75. The quantitative estimate of drug-likeness (QED) is 0.849. The fourth-order valence-electron chi connectivity index (χ4n) is 1.69. The molecule has 5 nitrogen and oxygen atoms in total. The third kappa shape index (κ3) is 4.30. The molecule has 1 heterocycles. The molecular formula is C15H18FN3O2. The SMILES string of the molecule is CCCNc1ncc(F)c(OCc2cccc(OC)c2)n1. The topological polar surface area (TPSA) is 56.3 Å². The molecule has 0 unspecified atom stereocenters. The molecular weight excluding hydrogens is 273 g/mol. The first-order valence-corrected chi connectivity index (χ1v) is 6.75. The lowest BCUT2D eigenvalue weighted by Crippen LogP contribution is -2.07. The van der Waals surface area contributed by atoms with E-state index in [1.807, 2.05) is 31.2 Å². The van der Waals surface area contributed by atoms with Crippen LogP contribution in [-0.2, 0) is 6.61 Å². The van der Waals surface area contributed by atoms with Crippen LogP contribution in [0.25, 0.3) is 0 Å². The summed E-state index contributed by atoms with van der Waals surface area (Å²) in [7, 11) is 1.59. The van der Waals surface area contributed by atoms with Crippen molar-refractivity contribution in [3.63, 3.8) is 0 Å². The Labute approximate surface area is 123 Å². The highest BCUT2D eigenvalue weighted by molar-refractivity contribution is 5.30. The number of rotatable bonds is 7. The minimum Gasteiger partial charge on any atom is -0.497 e.